The largest absolute Gasteiger partial charge is 0.289 e. The first-order chi connectivity index (χ1) is 2.39. The van der Waals surface area contributed by atoms with Gasteiger partial charge in [-0.05, 0) is 0 Å². The lowest BCUT2D eigenvalue weighted by Gasteiger charge is -1.78. The van der Waals surface area contributed by atoms with E-state index in [0.29, 0.717) is 0 Å². The van der Waals surface area contributed by atoms with Crippen LogP contribution in [-0.4, -0.2) is 5.78 Å². The van der Waals surface area contributed by atoms with Crippen LogP contribution >= 0.6 is 0 Å². The van der Waals surface area contributed by atoms with E-state index in [9.17, 15) is 4.79 Å². The Bertz CT molecular complexity index is 106. The van der Waals surface area contributed by atoms with E-state index >= 15 is 0 Å². The Labute approximate surface area is 29.6 Å². The molecule has 0 N–H and O–H groups in total. The lowest BCUT2D eigenvalue weighted by atomic mass is 10.3. The van der Waals surface area contributed by atoms with E-state index in [4.69, 9.17) is 0 Å². The third kappa shape index (κ3) is 0.168. The molecule has 1 heteroatoms. The van der Waals surface area contributed by atoms with E-state index < -0.39 is 0 Å². The second-order valence-corrected chi connectivity index (χ2v) is 0.858. The number of carbonyl (C=O) groups is 1. The molecule has 0 amide bonds. The second-order valence-electron chi connectivity index (χ2n) is 0.858. The third-order valence-electron chi connectivity index (χ3n) is 0.451. The molecule has 0 aliphatic heterocycles. The van der Waals surface area contributed by atoms with Gasteiger partial charge < -0.3 is 0 Å². The van der Waals surface area contributed by atoms with Gasteiger partial charge in [-0.15, -0.1) is 5.73 Å². The van der Waals surface area contributed by atoms with Gasteiger partial charge in [0.2, 0.25) is 0 Å². The average molecular weight is 66.1 g/mol. The Morgan fingerprint density at radius 3 is 2.00 bits per heavy atom. The molecule has 0 heterocycles. The molecule has 0 aromatic heterocycles. The van der Waals surface area contributed by atoms with Crippen molar-refractivity contribution < 1.29 is 4.79 Å². The molecule has 0 saturated carbocycles. The Balaban J connectivity index is 2.96. The molecule has 0 saturated heterocycles. The van der Waals surface area contributed by atoms with Crippen molar-refractivity contribution >= 4 is 5.78 Å². The summed E-state index contributed by atoms with van der Waals surface area (Å²) in [5.74, 6) is 0.0741. The topological polar surface area (TPSA) is 17.1 Å². The van der Waals surface area contributed by atoms with Crippen molar-refractivity contribution in [3.63, 3.8) is 0 Å². The summed E-state index contributed by atoms with van der Waals surface area (Å²) in [6, 6.07) is 0. The summed E-state index contributed by atoms with van der Waals surface area (Å²) in [6.07, 6.45) is 2.81. The maximum atomic E-state index is 9.73. The molecule has 24 valence electrons. The van der Waals surface area contributed by atoms with E-state index in [0.717, 1.165) is 0 Å². The standard InChI is InChI=1S/C4H2O/c5-4-2-1-3-4/h2-3H. The minimum atomic E-state index is 0.0741. The SMILES string of the molecule is O=C1C=C=C1. The van der Waals surface area contributed by atoms with E-state index in [1.165, 1.54) is 12.2 Å². The summed E-state index contributed by atoms with van der Waals surface area (Å²) in [6.45, 7) is 0. The molecule has 0 bridgehead atoms. The zero-order valence-electron chi connectivity index (χ0n) is 2.56. The van der Waals surface area contributed by atoms with E-state index in [1.807, 2.05) is 0 Å². The minimum absolute atomic E-state index is 0.0741. The Morgan fingerprint density at radius 2 is 2.00 bits per heavy atom. The van der Waals surface area contributed by atoms with Crippen molar-refractivity contribution in [3.05, 3.63) is 17.9 Å². The average Bonchev–Trinajstić information content (AvgIpc) is 1.30. The molecule has 0 atom stereocenters. The second kappa shape index (κ2) is 0.568. The van der Waals surface area contributed by atoms with Gasteiger partial charge in [-0.25, -0.2) is 0 Å². The van der Waals surface area contributed by atoms with Gasteiger partial charge in [-0.1, -0.05) is 0 Å². The van der Waals surface area contributed by atoms with Crippen LogP contribution in [0.15, 0.2) is 17.9 Å². The van der Waals surface area contributed by atoms with Gasteiger partial charge >= 0.3 is 0 Å². The molecule has 1 aliphatic rings. The maximum Gasteiger partial charge on any atom is 0.193 e. The van der Waals surface area contributed by atoms with Gasteiger partial charge in [0, 0.05) is 12.2 Å². The van der Waals surface area contributed by atoms with Crippen LogP contribution in [0.25, 0.3) is 0 Å². The van der Waals surface area contributed by atoms with Crippen molar-refractivity contribution in [3.8, 4) is 0 Å². The van der Waals surface area contributed by atoms with Gasteiger partial charge in [0.1, 0.15) is 0 Å². The van der Waals surface area contributed by atoms with Crippen molar-refractivity contribution in [1.29, 1.82) is 0 Å². The van der Waals surface area contributed by atoms with Crippen molar-refractivity contribution in [1.82, 2.24) is 0 Å². The summed E-state index contributed by atoms with van der Waals surface area (Å²) < 4.78 is 0. The number of hydrogen-bond acceptors (Lipinski definition) is 1. The van der Waals surface area contributed by atoms with Crippen LogP contribution < -0.4 is 0 Å². The monoisotopic (exact) mass is 66.0 g/mol. The van der Waals surface area contributed by atoms with Gasteiger partial charge in [0.05, 0.1) is 0 Å². The first kappa shape index (κ1) is 2.43. The molecular weight excluding hydrogens is 64.0 g/mol. The number of carbonyl (C=O) groups excluding carboxylic acids is 1. The molecule has 1 rings (SSSR count). The summed E-state index contributed by atoms with van der Waals surface area (Å²) >= 11 is 0. The molecule has 0 aromatic carbocycles. The van der Waals surface area contributed by atoms with Crippen LogP contribution in [0.1, 0.15) is 0 Å². The highest BCUT2D eigenvalue weighted by Gasteiger charge is 1.89. The van der Waals surface area contributed by atoms with E-state index in [1.54, 1.807) is 0 Å². The number of ketones is 1. The fourth-order valence-electron chi connectivity index (χ4n) is 0.151. The Morgan fingerprint density at radius 1 is 1.60 bits per heavy atom. The highest BCUT2D eigenvalue weighted by Crippen LogP contribution is 1.83. The van der Waals surface area contributed by atoms with Crippen molar-refractivity contribution in [2.24, 2.45) is 0 Å². The maximum absolute atomic E-state index is 9.73. The third-order valence-corrected chi connectivity index (χ3v) is 0.451. The minimum Gasteiger partial charge on any atom is -0.289 e. The first-order valence-electron chi connectivity index (χ1n) is 1.36. The molecule has 0 unspecified atom stereocenters. The molecule has 0 fully saturated rings. The van der Waals surface area contributed by atoms with Crippen LogP contribution in [0, 0.1) is 0 Å². The van der Waals surface area contributed by atoms with Gasteiger partial charge in [-0.2, -0.15) is 0 Å². The quantitative estimate of drug-likeness (QED) is 0.371. The Kier molecular flexibility index (Phi) is 0.276. The summed E-state index contributed by atoms with van der Waals surface area (Å²) in [5.41, 5.74) is 2.56. The van der Waals surface area contributed by atoms with Crippen LogP contribution in [0.2, 0.25) is 0 Å². The molecule has 0 spiro atoms. The van der Waals surface area contributed by atoms with Crippen LogP contribution in [0.4, 0.5) is 0 Å². The number of hydrogen-bond donors (Lipinski definition) is 0. The summed E-state index contributed by atoms with van der Waals surface area (Å²) in [5, 5.41) is 0. The fourth-order valence-corrected chi connectivity index (χ4v) is 0.151. The van der Waals surface area contributed by atoms with E-state index in [2.05, 4.69) is 5.73 Å². The summed E-state index contributed by atoms with van der Waals surface area (Å²) in [7, 11) is 0. The van der Waals surface area contributed by atoms with Crippen LogP contribution in [-0.2, 0) is 4.79 Å². The van der Waals surface area contributed by atoms with Gasteiger partial charge in [0.25, 0.3) is 0 Å². The molecular formula is C4H2O. The fraction of sp³-hybridized carbons (Fsp3) is 0. The predicted octanol–water partition coefficient (Wildman–Crippen LogP) is 0.280. The van der Waals surface area contributed by atoms with Gasteiger partial charge in [-0.3, -0.25) is 4.79 Å². The summed E-state index contributed by atoms with van der Waals surface area (Å²) in [4.78, 5) is 9.73. The molecule has 0 aromatic rings. The Hall–Kier alpha value is -0.810. The highest BCUT2D eigenvalue weighted by atomic mass is 16.1. The number of allylic oxidation sites excluding steroid dienone is 1. The van der Waals surface area contributed by atoms with Crippen molar-refractivity contribution in [2.45, 2.75) is 0 Å². The first-order valence-corrected chi connectivity index (χ1v) is 1.36. The van der Waals surface area contributed by atoms with Crippen LogP contribution in [0.3, 0.4) is 0 Å². The molecule has 1 aliphatic carbocycles. The van der Waals surface area contributed by atoms with Crippen molar-refractivity contribution in [2.75, 3.05) is 0 Å². The molecule has 5 heavy (non-hydrogen) atoms. The normalized spacial score (nSPS) is 15.6. The zero-order valence-corrected chi connectivity index (χ0v) is 2.56. The molecule has 0 radical (unpaired) electrons. The smallest absolute Gasteiger partial charge is 0.193 e. The zero-order chi connectivity index (χ0) is 3.70. The van der Waals surface area contributed by atoms with Gasteiger partial charge in [0.15, 0.2) is 5.78 Å². The lowest BCUT2D eigenvalue weighted by Crippen LogP contribution is -1.87. The highest BCUT2D eigenvalue weighted by molar-refractivity contribution is 6.03. The lowest BCUT2D eigenvalue weighted by molar-refractivity contribution is -0.110. The molecule has 1 nitrogen and oxygen atoms in total. The predicted molar refractivity (Wildman–Crippen MR) is 17.7 cm³/mol. The van der Waals surface area contributed by atoms with E-state index in [-0.39, 0.29) is 5.78 Å². The van der Waals surface area contributed by atoms with Crippen LogP contribution in [0.5, 0.6) is 0 Å². The number of rotatable bonds is 0.